The maximum atomic E-state index is 12.4. The number of hydrogen-bond donors (Lipinski definition) is 0. The first-order chi connectivity index (χ1) is 12.5. The molecule has 8 heteroatoms. The number of esters is 1. The van der Waals surface area contributed by atoms with Crippen LogP contribution in [-0.4, -0.2) is 59.0 Å². The molecule has 0 bridgehead atoms. The minimum Gasteiger partial charge on any atom is -0.486 e. The summed E-state index contributed by atoms with van der Waals surface area (Å²) in [7, 11) is 0. The zero-order valence-electron chi connectivity index (χ0n) is 14.4. The van der Waals surface area contributed by atoms with E-state index < -0.39 is 12.0 Å². The minimum absolute atomic E-state index is 0.0300. The number of carbonyl (C=O) groups excluding carboxylic acids is 3. The smallest absolute Gasteiger partial charge is 0.330 e. The lowest BCUT2D eigenvalue weighted by Gasteiger charge is -2.29. The first kappa shape index (κ1) is 17.2. The highest BCUT2D eigenvalue weighted by Crippen LogP contribution is 2.47. The Bertz CT molecular complexity index is 781. The van der Waals surface area contributed by atoms with Crippen LogP contribution in [0.4, 0.5) is 0 Å². The van der Waals surface area contributed by atoms with Gasteiger partial charge in [-0.15, -0.1) is 11.8 Å². The van der Waals surface area contributed by atoms with Gasteiger partial charge in [0.15, 0.2) is 23.9 Å². The number of fused-ring (bicyclic) bond motifs is 2. The van der Waals surface area contributed by atoms with Gasteiger partial charge < -0.3 is 19.1 Å². The number of benzene rings is 1. The monoisotopic (exact) mass is 377 g/mol. The largest absolute Gasteiger partial charge is 0.486 e. The predicted molar refractivity (Wildman–Crippen MR) is 93.5 cm³/mol. The summed E-state index contributed by atoms with van der Waals surface area (Å²) in [4.78, 5) is 38.1. The normalized spacial score (nSPS) is 26.6. The Labute approximate surface area is 155 Å². The van der Waals surface area contributed by atoms with Crippen molar-refractivity contribution in [1.29, 1.82) is 0 Å². The molecule has 0 unspecified atom stereocenters. The number of carbonyl (C=O) groups is 3. The van der Waals surface area contributed by atoms with E-state index in [1.807, 2.05) is 6.92 Å². The quantitative estimate of drug-likeness (QED) is 0.583. The van der Waals surface area contributed by atoms with Gasteiger partial charge in [0.25, 0.3) is 0 Å². The van der Waals surface area contributed by atoms with E-state index >= 15 is 0 Å². The van der Waals surface area contributed by atoms with Crippen LogP contribution in [0.25, 0.3) is 0 Å². The van der Waals surface area contributed by atoms with E-state index in [0.717, 1.165) is 6.42 Å². The van der Waals surface area contributed by atoms with E-state index in [4.69, 9.17) is 14.2 Å². The van der Waals surface area contributed by atoms with E-state index in [2.05, 4.69) is 0 Å². The average Bonchev–Trinajstić information content (AvgIpc) is 3.15. The van der Waals surface area contributed by atoms with Crippen molar-refractivity contribution in [3.63, 3.8) is 0 Å². The van der Waals surface area contributed by atoms with E-state index in [0.29, 0.717) is 42.4 Å². The van der Waals surface area contributed by atoms with Gasteiger partial charge in [-0.2, -0.15) is 0 Å². The molecular formula is C18H19NO6S. The molecule has 0 aliphatic carbocycles. The first-order valence-corrected chi connectivity index (χ1v) is 9.52. The highest BCUT2D eigenvalue weighted by Gasteiger charge is 2.53. The molecule has 1 amide bonds. The summed E-state index contributed by atoms with van der Waals surface area (Å²) >= 11 is 1.59. The fraction of sp³-hybridized carbons (Fsp3) is 0.500. The van der Waals surface area contributed by atoms with Crippen LogP contribution in [0.1, 0.15) is 30.1 Å². The molecule has 1 aromatic carbocycles. The molecule has 2 saturated heterocycles. The third kappa shape index (κ3) is 2.92. The van der Waals surface area contributed by atoms with Gasteiger partial charge in [-0.1, -0.05) is 0 Å². The highest BCUT2D eigenvalue weighted by atomic mass is 32.2. The standard InChI is InChI=1S/C18H19NO6S/c1-18-5-4-16(21)19(18)12(10-26-18)17(22)25-9-13(20)11-2-3-14-15(8-11)24-7-6-23-14/h2-3,8,12H,4-7,9-10H2,1H3/t12-,18+/m1/s1. The second-order valence-electron chi connectivity index (χ2n) is 6.65. The molecule has 3 aliphatic heterocycles. The number of thioether (sulfide) groups is 1. The lowest BCUT2D eigenvalue weighted by atomic mass is 10.1. The van der Waals surface area contributed by atoms with Crippen LogP contribution in [0.15, 0.2) is 18.2 Å². The van der Waals surface area contributed by atoms with Gasteiger partial charge in [0.05, 0.1) is 4.87 Å². The molecule has 3 aliphatic rings. The Morgan fingerprint density at radius 2 is 2.08 bits per heavy atom. The van der Waals surface area contributed by atoms with Crippen molar-refractivity contribution in [2.24, 2.45) is 0 Å². The van der Waals surface area contributed by atoms with Crippen molar-refractivity contribution in [2.45, 2.75) is 30.7 Å². The van der Waals surface area contributed by atoms with Crippen LogP contribution in [-0.2, 0) is 14.3 Å². The van der Waals surface area contributed by atoms with E-state index in [1.165, 1.54) is 0 Å². The number of ether oxygens (including phenoxy) is 3. The molecule has 0 spiro atoms. The van der Waals surface area contributed by atoms with E-state index in [-0.39, 0.29) is 23.2 Å². The Morgan fingerprint density at radius 3 is 2.88 bits per heavy atom. The van der Waals surface area contributed by atoms with Gasteiger partial charge >= 0.3 is 5.97 Å². The molecule has 2 atom stereocenters. The molecule has 2 fully saturated rings. The Hall–Kier alpha value is -2.22. The van der Waals surface area contributed by atoms with Crippen molar-refractivity contribution >= 4 is 29.4 Å². The van der Waals surface area contributed by atoms with Crippen molar-refractivity contribution in [3.8, 4) is 11.5 Å². The van der Waals surface area contributed by atoms with Crippen LogP contribution < -0.4 is 9.47 Å². The lowest BCUT2D eigenvalue weighted by Crippen LogP contribution is -2.46. The molecule has 1 aromatic rings. The predicted octanol–water partition coefficient (Wildman–Crippen LogP) is 1.64. The van der Waals surface area contributed by atoms with E-state index in [9.17, 15) is 14.4 Å². The van der Waals surface area contributed by atoms with Gasteiger partial charge in [0.1, 0.15) is 19.3 Å². The molecule has 7 nitrogen and oxygen atoms in total. The summed E-state index contributed by atoms with van der Waals surface area (Å²) in [6.07, 6.45) is 1.18. The second-order valence-corrected chi connectivity index (χ2v) is 8.16. The summed E-state index contributed by atoms with van der Waals surface area (Å²) in [5, 5.41) is 0. The Kier molecular flexibility index (Phi) is 4.30. The van der Waals surface area contributed by atoms with E-state index in [1.54, 1.807) is 34.9 Å². The molecule has 138 valence electrons. The lowest BCUT2D eigenvalue weighted by molar-refractivity contribution is -0.152. The van der Waals surface area contributed by atoms with Crippen LogP contribution in [0.3, 0.4) is 0 Å². The maximum absolute atomic E-state index is 12.4. The number of amides is 1. The number of hydrogen-bond acceptors (Lipinski definition) is 7. The molecule has 0 radical (unpaired) electrons. The molecule has 0 aromatic heterocycles. The number of rotatable bonds is 4. The Morgan fingerprint density at radius 1 is 1.31 bits per heavy atom. The summed E-state index contributed by atoms with van der Waals surface area (Å²) in [6, 6.07) is 4.27. The first-order valence-electron chi connectivity index (χ1n) is 8.53. The third-order valence-corrected chi connectivity index (χ3v) is 6.43. The van der Waals surface area contributed by atoms with Crippen molar-refractivity contribution in [3.05, 3.63) is 23.8 Å². The molecule has 4 rings (SSSR count). The number of Topliss-reactive ketones (excluding diaryl/α,β-unsaturated/α-hetero) is 1. The van der Waals surface area contributed by atoms with Crippen molar-refractivity contribution in [1.82, 2.24) is 4.90 Å². The second kappa shape index (κ2) is 6.50. The molecule has 0 N–H and O–H groups in total. The van der Waals surface area contributed by atoms with Crippen LogP contribution in [0.5, 0.6) is 11.5 Å². The molecule has 26 heavy (non-hydrogen) atoms. The SMILES string of the molecule is C[C@]12CCC(=O)N1[C@@H](C(=O)OCC(=O)c1ccc3c(c1)OCCO3)CS2. The van der Waals surface area contributed by atoms with Gasteiger partial charge in [-0.25, -0.2) is 4.79 Å². The zero-order chi connectivity index (χ0) is 18.3. The molecular weight excluding hydrogens is 358 g/mol. The minimum atomic E-state index is -0.618. The molecule has 0 saturated carbocycles. The van der Waals surface area contributed by atoms with Gasteiger partial charge in [0, 0.05) is 17.7 Å². The van der Waals surface area contributed by atoms with Crippen LogP contribution in [0, 0.1) is 0 Å². The number of nitrogens with zero attached hydrogens (tertiary/aromatic N) is 1. The van der Waals surface area contributed by atoms with Crippen molar-refractivity contribution in [2.75, 3.05) is 25.6 Å². The average molecular weight is 377 g/mol. The third-order valence-electron chi connectivity index (χ3n) is 4.93. The summed E-state index contributed by atoms with van der Waals surface area (Å²) in [5.41, 5.74) is 0.393. The van der Waals surface area contributed by atoms with Gasteiger partial charge in [-0.05, 0) is 31.5 Å². The van der Waals surface area contributed by atoms with Crippen LogP contribution >= 0.6 is 11.8 Å². The Balaban J connectivity index is 1.39. The zero-order valence-corrected chi connectivity index (χ0v) is 15.2. The van der Waals surface area contributed by atoms with Gasteiger partial charge in [-0.3, -0.25) is 9.59 Å². The van der Waals surface area contributed by atoms with Crippen LogP contribution in [0.2, 0.25) is 0 Å². The summed E-state index contributed by atoms with van der Waals surface area (Å²) < 4.78 is 16.1. The maximum Gasteiger partial charge on any atom is 0.330 e. The van der Waals surface area contributed by atoms with Crippen molar-refractivity contribution < 1.29 is 28.6 Å². The molecule has 3 heterocycles. The highest BCUT2D eigenvalue weighted by molar-refractivity contribution is 8.01. The number of ketones is 1. The fourth-order valence-electron chi connectivity index (χ4n) is 3.53. The van der Waals surface area contributed by atoms with Gasteiger partial charge in [0.2, 0.25) is 5.91 Å². The fourth-order valence-corrected chi connectivity index (χ4v) is 4.94. The topological polar surface area (TPSA) is 82.1 Å². The summed E-state index contributed by atoms with van der Waals surface area (Å²) in [5.74, 6) is 0.731. The summed E-state index contributed by atoms with van der Waals surface area (Å²) in [6.45, 7) is 2.52.